The second-order valence-electron chi connectivity index (χ2n) is 4.76. The van der Waals surface area contributed by atoms with Gasteiger partial charge in [-0.25, -0.2) is 9.78 Å². The summed E-state index contributed by atoms with van der Waals surface area (Å²) in [4.78, 5) is 28.9. The summed E-state index contributed by atoms with van der Waals surface area (Å²) in [5.41, 5.74) is 0.620. The minimum absolute atomic E-state index is 0.0239. The van der Waals surface area contributed by atoms with E-state index in [-0.39, 0.29) is 18.6 Å². The fourth-order valence-electron chi connectivity index (χ4n) is 2.30. The van der Waals surface area contributed by atoms with Gasteiger partial charge in [0.25, 0.3) is 5.91 Å². The first-order valence-electron chi connectivity index (χ1n) is 6.73. The van der Waals surface area contributed by atoms with Crippen molar-refractivity contribution in [3.8, 4) is 0 Å². The molecule has 0 aromatic carbocycles. The Labute approximate surface area is 127 Å². The van der Waals surface area contributed by atoms with E-state index in [2.05, 4.69) is 4.98 Å². The monoisotopic (exact) mass is 310 g/mol. The summed E-state index contributed by atoms with van der Waals surface area (Å²) in [7, 11) is 0. The molecule has 1 aromatic heterocycles. The number of hydrogen-bond donors (Lipinski definition) is 1. The van der Waals surface area contributed by atoms with Crippen LogP contribution in [0.4, 0.5) is 0 Å². The summed E-state index contributed by atoms with van der Waals surface area (Å²) in [5.74, 6) is -0.988. The Morgan fingerprint density at radius 1 is 1.48 bits per heavy atom. The topological polar surface area (TPSA) is 79.7 Å². The highest BCUT2D eigenvalue weighted by Gasteiger charge is 2.25. The van der Waals surface area contributed by atoms with Gasteiger partial charge in [0.1, 0.15) is 11.6 Å². The molecule has 1 saturated heterocycles. The van der Waals surface area contributed by atoms with Crippen LogP contribution in [0.2, 0.25) is 0 Å². The smallest absolute Gasteiger partial charge is 0.329 e. The number of carbonyl (C=O) groups excluding carboxylic acids is 1. The number of carboxylic acids is 1. The van der Waals surface area contributed by atoms with Crippen LogP contribution in [0.5, 0.6) is 0 Å². The van der Waals surface area contributed by atoms with Crippen molar-refractivity contribution in [3.63, 3.8) is 0 Å². The Morgan fingerprint density at radius 2 is 2.19 bits per heavy atom. The number of rotatable bonds is 5. The Balaban J connectivity index is 1.92. The predicted octanol–water partition coefficient (Wildman–Crippen LogP) is 1.51. The van der Waals surface area contributed by atoms with Crippen molar-refractivity contribution in [3.05, 3.63) is 23.9 Å². The van der Waals surface area contributed by atoms with Gasteiger partial charge in [-0.2, -0.15) is 0 Å². The quantitative estimate of drug-likeness (QED) is 0.830. The molecule has 1 aliphatic heterocycles. The molecule has 1 aliphatic rings. The van der Waals surface area contributed by atoms with Crippen LogP contribution in [-0.4, -0.2) is 58.9 Å². The Hall–Kier alpha value is -1.60. The summed E-state index contributed by atoms with van der Waals surface area (Å²) >= 11 is 1.45. The number of nitrogens with zero attached hydrogens (tertiary/aromatic N) is 2. The second-order valence-corrected chi connectivity index (χ2v) is 5.55. The average Bonchev–Trinajstić information content (AvgIpc) is 2.52. The summed E-state index contributed by atoms with van der Waals surface area (Å²) < 4.78 is 5.27. The molecule has 21 heavy (non-hydrogen) atoms. The molecule has 0 radical (unpaired) electrons. The van der Waals surface area contributed by atoms with E-state index in [4.69, 9.17) is 9.84 Å². The Bertz CT molecular complexity index is 515. The first-order chi connectivity index (χ1) is 10.1. The molecular weight excluding hydrogens is 292 g/mol. The van der Waals surface area contributed by atoms with E-state index in [0.717, 1.165) is 5.03 Å². The molecule has 1 N–H and O–H groups in total. The highest BCUT2D eigenvalue weighted by molar-refractivity contribution is 7.98. The summed E-state index contributed by atoms with van der Waals surface area (Å²) in [5, 5.41) is 9.32. The van der Waals surface area contributed by atoms with Gasteiger partial charge in [-0.3, -0.25) is 4.79 Å². The van der Waals surface area contributed by atoms with E-state index in [0.29, 0.717) is 31.5 Å². The Morgan fingerprint density at radius 3 is 2.81 bits per heavy atom. The first kappa shape index (κ1) is 15.8. The van der Waals surface area contributed by atoms with Crippen molar-refractivity contribution in [2.75, 3.05) is 26.0 Å². The van der Waals surface area contributed by atoms with E-state index in [1.165, 1.54) is 11.8 Å². The van der Waals surface area contributed by atoms with Crippen molar-refractivity contribution in [1.29, 1.82) is 0 Å². The van der Waals surface area contributed by atoms with Gasteiger partial charge in [0, 0.05) is 19.3 Å². The molecule has 1 aromatic rings. The zero-order chi connectivity index (χ0) is 15.2. The van der Waals surface area contributed by atoms with Crippen molar-refractivity contribution in [1.82, 2.24) is 9.88 Å². The SMILES string of the molecule is CSc1ncccc1C(=O)N1CCC(OCC(=O)O)CC1. The lowest BCUT2D eigenvalue weighted by Gasteiger charge is -2.31. The van der Waals surface area contributed by atoms with Crippen LogP contribution >= 0.6 is 11.8 Å². The standard InChI is InChI=1S/C14H18N2O4S/c1-21-13-11(3-2-6-15-13)14(19)16-7-4-10(5-8-16)20-9-12(17)18/h2-3,6,10H,4-5,7-9H2,1H3,(H,17,18). The molecule has 6 nitrogen and oxygen atoms in total. The molecular formula is C14H18N2O4S. The highest BCUT2D eigenvalue weighted by Crippen LogP contribution is 2.21. The minimum atomic E-state index is -0.964. The maximum absolute atomic E-state index is 12.5. The number of aliphatic carboxylic acids is 1. The maximum atomic E-state index is 12.5. The van der Waals surface area contributed by atoms with E-state index >= 15 is 0 Å². The lowest BCUT2D eigenvalue weighted by molar-refractivity contribution is -0.145. The number of thioether (sulfide) groups is 1. The molecule has 0 unspecified atom stereocenters. The van der Waals surface area contributed by atoms with Gasteiger partial charge >= 0.3 is 5.97 Å². The van der Waals surface area contributed by atoms with Crippen LogP contribution in [-0.2, 0) is 9.53 Å². The number of ether oxygens (including phenoxy) is 1. The number of hydrogen-bond acceptors (Lipinski definition) is 5. The lowest BCUT2D eigenvalue weighted by atomic mass is 10.1. The molecule has 0 saturated carbocycles. The van der Waals surface area contributed by atoms with Gasteiger partial charge in [0.2, 0.25) is 0 Å². The molecule has 1 amide bonds. The van der Waals surface area contributed by atoms with Gasteiger partial charge in [0.05, 0.1) is 11.7 Å². The van der Waals surface area contributed by atoms with Crippen LogP contribution in [0.3, 0.4) is 0 Å². The normalized spacial score (nSPS) is 16.0. The van der Waals surface area contributed by atoms with Crippen molar-refractivity contribution < 1.29 is 19.4 Å². The van der Waals surface area contributed by atoms with E-state index < -0.39 is 5.97 Å². The third kappa shape index (κ3) is 4.18. The molecule has 2 heterocycles. The molecule has 0 bridgehead atoms. The summed E-state index contributed by atoms with van der Waals surface area (Å²) in [6.45, 7) is 0.871. The van der Waals surface area contributed by atoms with Crippen molar-refractivity contribution >= 4 is 23.6 Å². The van der Waals surface area contributed by atoms with Gasteiger partial charge in [-0.05, 0) is 31.2 Å². The first-order valence-corrected chi connectivity index (χ1v) is 7.96. The lowest BCUT2D eigenvalue weighted by Crippen LogP contribution is -2.41. The molecule has 7 heteroatoms. The number of aromatic nitrogens is 1. The number of piperidine rings is 1. The van der Waals surface area contributed by atoms with Gasteiger partial charge in [-0.15, -0.1) is 11.8 Å². The molecule has 0 spiro atoms. The largest absolute Gasteiger partial charge is 0.480 e. The molecule has 1 fully saturated rings. The van der Waals surface area contributed by atoms with Crippen LogP contribution in [0.15, 0.2) is 23.4 Å². The van der Waals surface area contributed by atoms with Crippen LogP contribution in [0.25, 0.3) is 0 Å². The molecule has 2 rings (SSSR count). The Kier molecular flexibility index (Phi) is 5.58. The third-order valence-electron chi connectivity index (χ3n) is 3.37. The van der Waals surface area contributed by atoms with Crippen LogP contribution in [0, 0.1) is 0 Å². The number of carboxylic acid groups (broad SMARTS) is 1. The number of pyridine rings is 1. The fourth-order valence-corrected chi connectivity index (χ4v) is 2.84. The molecule has 0 aliphatic carbocycles. The number of likely N-dealkylation sites (tertiary alicyclic amines) is 1. The summed E-state index contributed by atoms with van der Waals surface area (Å²) in [6.07, 6.45) is 4.81. The molecule has 114 valence electrons. The van der Waals surface area contributed by atoms with E-state index in [1.807, 2.05) is 6.26 Å². The van der Waals surface area contributed by atoms with E-state index in [9.17, 15) is 9.59 Å². The third-order valence-corrected chi connectivity index (χ3v) is 4.08. The number of amides is 1. The second kappa shape index (κ2) is 7.42. The highest BCUT2D eigenvalue weighted by atomic mass is 32.2. The summed E-state index contributed by atoms with van der Waals surface area (Å²) in [6, 6.07) is 3.55. The molecule has 0 atom stereocenters. The van der Waals surface area contributed by atoms with Crippen molar-refractivity contribution in [2.45, 2.75) is 24.0 Å². The van der Waals surface area contributed by atoms with Crippen LogP contribution < -0.4 is 0 Å². The van der Waals surface area contributed by atoms with Gasteiger partial charge in [0.15, 0.2) is 0 Å². The minimum Gasteiger partial charge on any atom is -0.480 e. The zero-order valence-corrected chi connectivity index (χ0v) is 12.6. The fraction of sp³-hybridized carbons (Fsp3) is 0.500. The zero-order valence-electron chi connectivity index (χ0n) is 11.8. The number of carbonyl (C=O) groups is 2. The van der Waals surface area contributed by atoms with E-state index in [1.54, 1.807) is 23.2 Å². The van der Waals surface area contributed by atoms with Gasteiger partial charge < -0.3 is 14.7 Å². The van der Waals surface area contributed by atoms with Crippen LogP contribution in [0.1, 0.15) is 23.2 Å². The average molecular weight is 310 g/mol. The maximum Gasteiger partial charge on any atom is 0.329 e. The van der Waals surface area contributed by atoms with Gasteiger partial charge in [-0.1, -0.05) is 0 Å². The van der Waals surface area contributed by atoms with Crippen molar-refractivity contribution in [2.24, 2.45) is 0 Å². The predicted molar refractivity (Wildman–Crippen MR) is 78.5 cm³/mol.